The van der Waals surface area contributed by atoms with Gasteiger partial charge in [-0.05, 0) is 25.1 Å². The Morgan fingerprint density at radius 3 is 2.88 bits per heavy atom. The lowest BCUT2D eigenvalue weighted by molar-refractivity contribution is -0.385. The van der Waals surface area contributed by atoms with Gasteiger partial charge in [-0.1, -0.05) is 0 Å². The van der Waals surface area contributed by atoms with Crippen molar-refractivity contribution in [1.29, 1.82) is 5.26 Å². The number of phenolic OH excluding ortho intramolecular Hbond substituents is 1. The molecule has 0 aliphatic carbocycles. The number of furan rings is 1. The van der Waals surface area contributed by atoms with Gasteiger partial charge in [-0.15, -0.1) is 0 Å². The van der Waals surface area contributed by atoms with E-state index in [4.69, 9.17) is 9.15 Å². The summed E-state index contributed by atoms with van der Waals surface area (Å²) in [4.78, 5) is 22.5. The van der Waals surface area contributed by atoms with Crippen molar-refractivity contribution in [1.82, 2.24) is 5.32 Å². The molecule has 1 aromatic carbocycles. The van der Waals surface area contributed by atoms with Gasteiger partial charge in [0.15, 0.2) is 11.5 Å². The lowest BCUT2D eigenvalue weighted by Gasteiger charge is -2.09. The Morgan fingerprint density at radius 2 is 2.31 bits per heavy atom. The van der Waals surface area contributed by atoms with Crippen LogP contribution in [0.15, 0.2) is 40.5 Å². The van der Waals surface area contributed by atoms with E-state index in [9.17, 15) is 25.3 Å². The third-order valence-corrected chi connectivity index (χ3v) is 3.27. The van der Waals surface area contributed by atoms with Crippen LogP contribution >= 0.6 is 0 Å². The minimum atomic E-state index is -0.715. The van der Waals surface area contributed by atoms with E-state index in [0.717, 1.165) is 18.2 Å². The van der Waals surface area contributed by atoms with Crippen molar-refractivity contribution in [3.8, 4) is 17.6 Å². The molecule has 2 rings (SSSR count). The predicted molar refractivity (Wildman–Crippen MR) is 90.1 cm³/mol. The molecule has 0 bridgehead atoms. The summed E-state index contributed by atoms with van der Waals surface area (Å²) in [5.74, 6) is -0.731. The zero-order valence-electron chi connectivity index (χ0n) is 13.8. The molecule has 9 nitrogen and oxygen atoms in total. The van der Waals surface area contributed by atoms with Crippen LogP contribution in [0.3, 0.4) is 0 Å². The van der Waals surface area contributed by atoms with E-state index in [1.54, 1.807) is 25.1 Å². The first-order valence-corrected chi connectivity index (χ1v) is 7.52. The highest BCUT2D eigenvalue weighted by Crippen LogP contribution is 2.36. The minimum absolute atomic E-state index is 0.0654. The van der Waals surface area contributed by atoms with Crippen molar-refractivity contribution in [2.24, 2.45) is 0 Å². The van der Waals surface area contributed by atoms with E-state index >= 15 is 0 Å². The fraction of sp³-hybridized carbons (Fsp3) is 0.176. The zero-order valence-corrected chi connectivity index (χ0v) is 13.8. The average Bonchev–Trinajstić information content (AvgIpc) is 3.13. The minimum Gasteiger partial charge on any atom is -0.504 e. The Bertz CT molecular complexity index is 881. The smallest absolute Gasteiger partial charge is 0.274 e. The van der Waals surface area contributed by atoms with Crippen LogP contribution in [0.2, 0.25) is 0 Å². The number of nitrogens with zero attached hydrogens (tertiary/aromatic N) is 2. The number of carbonyl (C=O) groups excluding carboxylic acids is 1. The van der Waals surface area contributed by atoms with Crippen LogP contribution in [0.1, 0.15) is 18.2 Å². The van der Waals surface area contributed by atoms with Crippen LogP contribution in [0, 0.1) is 21.4 Å². The quantitative estimate of drug-likeness (QED) is 0.336. The molecule has 0 unspecified atom stereocenters. The highest BCUT2D eigenvalue weighted by atomic mass is 16.6. The summed E-state index contributed by atoms with van der Waals surface area (Å²) >= 11 is 0. The Hall–Kier alpha value is -3.80. The van der Waals surface area contributed by atoms with Gasteiger partial charge in [0, 0.05) is 11.6 Å². The van der Waals surface area contributed by atoms with E-state index < -0.39 is 16.6 Å². The van der Waals surface area contributed by atoms with E-state index in [0.29, 0.717) is 5.76 Å². The van der Waals surface area contributed by atoms with E-state index in [1.165, 1.54) is 6.26 Å². The number of ether oxygens (including phenoxy) is 1. The second kappa shape index (κ2) is 8.34. The summed E-state index contributed by atoms with van der Waals surface area (Å²) < 4.78 is 10.2. The summed E-state index contributed by atoms with van der Waals surface area (Å²) in [6.45, 7) is 1.89. The number of non-ortho nitro benzene ring substituents is 1. The standard InChI is InChI=1S/C17H15N3O6/c1-2-25-15-8-13(20(23)24)7-11(16(15)21)6-12(9-18)17(22)19-10-14-4-3-5-26-14/h3-8,21H,2,10H2,1H3,(H,19,22). The molecule has 0 spiro atoms. The van der Waals surface area contributed by atoms with Crippen molar-refractivity contribution >= 4 is 17.7 Å². The van der Waals surface area contributed by atoms with Gasteiger partial charge in [0.25, 0.3) is 11.6 Å². The maximum absolute atomic E-state index is 12.1. The Labute approximate surface area is 148 Å². The summed E-state index contributed by atoms with van der Waals surface area (Å²) in [6, 6.07) is 7.13. The normalized spacial score (nSPS) is 10.8. The Balaban J connectivity index is 2.33. The number of nitrogens with one attached hydrogen (secondary N) is 1. The number of rotatable bonds is 7. The third kappa shape index (κ3) is 4.39. The van der Waals surface area contributed by atoms with Crippen molar-refractivity contribution in [2.75, 3.05) is 6.61 Å². The van der Waals surface area contributed by atoms with Gasteiger partial charge in [0.05, 0.1) is 30.4 Å². The van der Waals surface area contributed by atoms with Crippen LogP contribution in [-0.2, 0) is 11.3 Å². The molecule has 0 saturated carbocycles. The molecule has 134 valence electrons. The molecule has 1 aromatic heterocycles. The van der Waals surface area contributed by atoms with Crippen LogP contribution < -0.4 is 10.1 Å². The highest BCUT2D eigenvalue weighted by molar-refractivity contribution is 6.02. The maximum atomic E-state index is 12.1. The number of nitro groups is 1. The lowest BCUT2D eigenvalue weighted by Crippen LogP contribution is -2.23. The van der Waals surface area contributed by atoms with Gasteiger partial charge in [0.1, 0.15) is 17.4 Å². The van der Waals surface area contributed by atoms with E-state index in [1.807, 2.05) is 0 Å². The van der Waals surface area contributed by atoms with Crippen molar-refractivity contribution in [3.05, 3.63) is 57.5 Å². The lowest BCUT2D eigenvalue weighted by atomic mass is 10.1. The number of hydrogen-bond donors (Lipinski definition) is 2. The molecule has 0 fully saturated rings. The third-order valence-electron chi connectivity index (χ3n) is 3.27. The fourth-order valence-electron chi connectivity index (χ4n) is 2.08. The molecule has 0 aliphatic rings. The SMILES string of the molecule is CCOc1cc([N+](=O)[O-])cc(C=C(C#N)C(=O)NCc2ccco2)c1O. The summed E-state index contributed by atoms with van der Waals surface area (Å²) in [7, 11) is 0. The van der Waals surface area contributed by atoms with Gasteiger partial charge in [0.2, 0.25) is 0 Å². The summed E-state index contributed by atoms with van der Waals surface area (Å²) in [5, 5.41) is 32.9. The van der Waals surface area contributed by atoms with Crippen LogP contribution in [-0.4, -0.2) is 22.5 Å². The van der Waals surface area contributed by atoms with Gasteiger partial charge in [-0.2, -0.15) is 5.26 Å². The topological polar surface area (TPSA) is 139 Å². The van der Waals surface area contributed by atoms with Gasteiger partial charge in [-0.25, -0.2) is 0 Å². The second-order valence-corrected chi connectivity index (χ2v) is 5.00. The monoisotopic (exact) mass is 357 g/mol. The molecule has 26 heavy (non-hydrogen) atoms. The molecular weight excluding hydrogens is 342 g/mol. The van der Waals surface area contributed by atoms with Gasteiger partial charge < -0.3 is 19.6 Å². The number of benzene rings is 1. The van der Waals surface area contributed by atoms with Crippen molar-refractivity contribution in [3.63, 3.8) is 0 Å². The van der Waals surface area contributed by atoms with E-state index in [2.05, 4.69) is 5.32 Å². The Morgan fingerprint density at radius 1 is 1.54 bits per heavy atom. The number of aromatic hydroxyl groups is 1. The number of carbonyl (C=O) groups is 1. The Kier molecular flexibility index (Phi) is 5.95. The summed E-state index contributed by atoms with van der Waals surface area (Å²) in [6.07, 6.45) is 2.50. The van der Waals surface area contributed by atoms with Crippen LogP contribution in [0.25, 0.3) is 6.08 Å². The second-order valence-electron chi connectivity index (χ2n) is 5.00. The highest BCUT2D eigenvalue weighted by Gasteiger charge is 2.18. The predicted octanol–water partition coefficient (Wildman–Crippen LogP) is 2.52. The maximum Gasteiger partial charge on any atom is 0.274 e. The molecule has 0 saturated heterocycles. The molecule has 0 atom stereocenters. The van der Waals surface area contributed by atoms with Gasteiger partial charge >= 0.3 is 0 Å². The first-order chi connectivity index (χ1) is 12.5. The average molecular weight is 357 g/mol. The zero-order chi connectivity index (χ0) is 19.1. The first-order valence-electron chi connectivity index (χ1n) is 7.52. The van der Waals surface area contributed by atoms with E-state index in [-0.39, 0.29) is 35.7 Å². The number of phenols is 1. The number of nitriles is 1. The number of hydrogen-bond acceptors (Lipinski definition) is 7. The summed E-state index contributed by atoms with van der Waals surface area (Å²) in [5.41, 5.74) is -0.757. The molecule has 1 heterocycles. The molecular formula is C17H15N3O6. The molecule has 0 aliphatic heterocycles. The first kappa shape index (κ1) is 18.5. The molecule has 0 radical (unpaired) electrons. The fourth-order valence-corrected chi connectivity index (χ4v) is 2.08. The van der Waals surface area contributed by atoms with Crippen molar-refractivity contribution < 1.29 is 24.0 Å². The largest absolute Gasteiger partial charge is 0.504 e. The molecule has 9 heteroatoms. The number of amides is 1. The molecule has 2 aromatic rings. The molecule has 2 N–H and O–H groups in total. The van der Waals surface area contributed by atoms with Crippen molar-refractivity contribution in [2.45, 2.75) is 13.5 Å². The molecule has 1 amide bonds. The van der Waals surface area contributed by atoms with Crippen LogP contribution in [0.4, 0.5) is 5.69 Å². The van der Waals surface area contributed by atoms with Gasteiger partial charge in [-0.3, -0.25) is 14.9 Å². The van der Waals surface area contributed by atoms with Crippen LogP contribution in [0.5, 0.6) is 11.5 Å². The number of nitro benzene ring substituents is 1.